The number of aryl methyl sites for hydroxylation is 3. The van der Waals surface area contributed by atoms with Gasteiger partial charge in [-0.1, -0.05) is 74.3 Å². The Balaban J connectivity index is 0.00000387. The van der Waals surface area contributed by atoms with Crippen molar-refractivity contribution >= 4 is 53.3 Å². The summed E-state index contributed by atoms with van der Waals surface area (Å²) in [6, 6.07) is 41.0. The zero-order chi connectivity index (χ0) is 35.0. The fourth-order valence-electron chi connectivity index (χ4n) is 7.40. The van der Waals surface area contributed by atoms with Gasteiger partial charge in [0.15, 0.2) is 0 Å². The Morgan fingerprint density at radius 2 is 1.48 bits per heavy atom. The zero-order valence-corrected chi connectivity index (χ0v) is 32.9. The molecule has 0 radical (unpaired) electrons. The van der Waals surface area contributed by atoms with Gasteiger partial charge in [0, 0.05) is 44.9 Å². The number of hydrogen-bond acceptors (Lipinski definition) is 4. The molecule has 4 aromatic heterocycles. The molecule has 9 rings (SSSR count). The van der Waals surface area contributed by atoms with E-state index < -0.39 is 0 Å². The Kier molecular flexibility index (Phi) is 8.44. The van der Waals surface area contributed by atoms with Gasteiger partial charge in [-0.05, 0) is 78.2 Å². The summed E-state index contributed by atoms with van der Waals surface area (Å²) in [4.78, 5) is 4.94. The predicted molar refractivity (Wildman–Crippen MR) is 211 cm³/mol. The van der Waals surface area contributed by atoms with Crippen molar-refractivity contribution in [1.82, 2.24) is 19.3 Å². The van der Waals surface area contributed by atoms with E-state index >= 15 is 0 Å². The Bertz CT molecular complexity index is 2790. The number of ether oxygens (including phenoxy) is 1. The first-order valence-corrected chi connectivity index (χ1v) is 18.1. The number of rotatable bonds is 5. The topological polar surface area (TPSA) is 44.9 Å². The van der Waals surface area contributed by atoms with Gasteiger partial charge in [0.2, 0.25) is 0 Å². The maximum absolute atomic E-state index is 6.51. The van der Waals surface area contributed by atoms with Crippen molar-refractivity contribution in [2.75, 3.05) is 0 Å². The Morgan fingerprint density at radius 1 is 0.731 bits per heavy atom. The molecule has 0 atom stereocenters. The summed E-state index contributed by atoms with van der Waals surface area (Å²) in [6.07, 6.45) is 3.90. The molecule has 0 saturated heterocycles. The molecule has 7 heteroatoms. The SMILES string of the molecule is Cc1cc(C)c(-c2ccn(-c3[c-]c(Oc4[c-]c5c(cc4)c4ccc6c7ccccc7sc6c4n5-c4cc(C(C)(C)C)ccn4)ccc3)n2)c(C)c1.[Pt+2]. The van der Waals surface area contributed by atoms with Crippen molar-refractivity contribution in [2.45, 2.75) is 47.0 Å². The van der Waals surface area contributed by atoms with E-state index in [1.54, 1.807) is 0 Å². The fourth-order valence-corrected chi connectivity index (χ4v) is 8.64. The van der Waals surface area contributed by atoms with Crippen LogP contribution >= 0.6 is 11.3 Å². The summed E-state index contributed by atoms with van der Waals surface area (Å²) in [5.41, 5.74) is 9.84. The van der Waals surface area contributed by atoms with Gasteiger partial charge < -0.3 is 9.30 Å². The summed E-state index contributed by atoms with van der Waals surface area (Å²) in [6.45, 7) is 13.1. The summed E-state index contributed by atoms with van der Waals surface area (Å²) in [7, 11) is 0. The molecular weight excluding hydrogens is 840 g/mol. The minimum absolute atomic E-state index is 0. The van der Waals surface area contributed by atoms with E-state index in [9.17, 15) is 0 Å². The van der Waals surface area contributed by atoms with Crippen LogP contribution in [0.3, 0.4) is 0 Å². The molecule has 52 heavy (non-hydrogen) atoms. The van der Waals surface area contributed by atoms with Gasteiger partial charge in [0.05, 0.1) is 15.9 Å². The zero-order valence-electron chi connectivity index (χ0n) is 29.8. The van der Waals surface area contributed by atoms with Crippen molar-refractivity contribution in [2.24, 2.45) is 0 Å². The van der Waals surface area contributed by atoms with Crippen LogP contribution in [-0.2, 0) is 26.5 Å². The molecule has 0 bridgehead atoms. The minimum Gasteiger partial charge on any atom is -0.509 e. The number of benzene rings is 5. The standard InChI is InChI=1S/C45H36N4OS.Pt/c1-27-22-28(2)42(29(3)23-27)38-19-21-48(47-38)31-10-9-11-32(25-31)50-33-14-15-34-36-16-17-37-35-12-7-8-13-40(35)51-44(37)43(36)49(39(34)26-33)41-24-30(18-20-46-41)45(4,5)6;/h7-24H,1-6H3;/q-2;+2. The second-order valence-electron chi connectivity index (χ2n) is 14.4. The average Bonchev–Trinajstić information content (AvgIpc) is 3.82. The quantitative estimate of drug-likeness (QED) is 0.162. The van der Waals surface area contributed by atoms with Crippen LogP contribution in [0.2, 0.25) is 0 Å². The first-order valence-electron chi connectivity index (χ1n) is 17.2. The average molecular weight is 876 g/mol. The predicted octanol–water partition coefficient (Wildman–Crippen LogP) is 12.0. The second-order valence-corrected chi connectivity index (χ2v) is 15.5. The van der Waals surface area contributed by atoms with E-state index in [1.807, 2.05) is 52.7 Å². The fraction of sp³-hybridized carbons (Fsp3) is 0.156. The van der Waals surface area contributed by atoms with E-state index in [0.29, 0.717) is 11.5 Å². The molecule has 0 aliphatic heterocycles. The number of fused-ring (bicyclic) bond motifs is 7. The molecule has 0 fully saturated rings. The van der Waals surface area contributed by atoms with E-state index in [4.69, 9.17) is 14.8 Å². The van der Waals surface area contributed by atoms with Gasteiger partial charge in [-0.15, -0.1) is 47.1 Å². The third kappa shape index (κ3) is 5.75. The first kappa shape index (κ1) is 34.1. The molecule has 5 aromatic carbocycles. The van der Waals surface area contributed by atoms with Crippen molar-refractivity contribution in [3.05, 3.63) is 144 Å². The molecule has 0 aliphatic carbocycles. The van der Waals surface area contributed by atoms with Crippen LogP contribution in [0.1, 0.15) is 43.0 Å². The summed E-state index contributed by atoms with van der Waals surface area (Å²) in [5.74, 6) is 2.06. The molecule has 0 spiro atoms. The van der Waals surface area contributed by atoms with Gasteiger partial charge >= 0.3 is 21.1 Å². The third-order valence-electron chi connectivity index (χ3n) is 9.74. The number of aromatic nitrogens is 4. The maximum Gasteiger partial charge on any atom is 2.00 e. The van der Waals surface area contributed by atoms with E-state index in [-0.39, 0.29) is 26.5 Å². The van der Waals surface area contributed by atoms with Crippen LogP contribution < -0.4 is 4.74 Å². The molecule has 0 aliphatic rings. The monoisotopic (exact) mass is 875 g/mol. The van der Waals surface area contributed by atoms with Gasteiger partial charge in [-0.2, -0.15) is 17.2 Å². The first-order chi connectivity index (χ1) is 24.6. The molecule has 0 saturated carbocycles. The normalized spacial score (nSPS) is 11.9. The largest absolute Gasteiger partial charge is 2.00 e. The molecule has 5 nitrogen and oxygen atoms in total. The Morgan fingerprint density at radius 3 is 2.29 bits per heavy atom. The van der Waals surface area contributed by atoms with Gasteiger partial charge in [-0.3, -0.25) is 4.68 Å². The molecular formula is C45H36N4OPtS. The van der Waals surface area contributed by atoms with Crippen LogP contribution in [-0.4, -0.2) is 19.3 Å². The third-order valence-corrected chi connectivity index (χ3v) is 10.9. The smallest absolute Gasteiger partial charge is 0.509 e. The Hall–Kier alpha value is -5.03. The number of pyridine rings is 1. The number of thiophene rings is 1. The van der Waals surface area contributed by atoms with Gasteiger partial charge in [-0.25, -0.2) is 4.98 Å². The van der Waals surface area contributed by atoms with Crippen LogP contribution in [0.4, 0.5) is 0 Å². The van der Waals surface area contributed by atoms with E-state index in [2.05, 4.69) is 131 Å². The maximum atomic E-state index is 6.51. The second kappa shape index (κ2) is 12.9. The summed E-state index contributed by atoms with van der Waals surface area (Å²) < 4.78 is 13.1. The number of nitrogens with zero attached hydrogens (tertiary/aromatic N) is 4. The molecule has 258 valence electrons. The number of hydrogen-bond donors (Lipinski definition) is 0. The molecule has 4 heterocycles. The van der Waals surface area contributed by atoms with Crippen LogP contribution in [0.15, 0.2) is 109 Å². The van der Waals surface area contributed by atoms with Crippen molar-refractivity contribution in [1.29, 1.82) is 0 Å². The summed E-state index contributed by atoms with van der Waals surface area (Å²) in [5, 5.41) is 9.72. The summed E-state index contributed by atoms with van der Waals surface area (Å²) >= 11 is 1.83. The van der Waals surface area contributed by atoms with Crippen molar-refractivity contribution in [3.8, 4) is 34.3 Å². The van der Waals surface area contributed by atoms with E-state index in [1.165, 1.54) is 48.0 Å². The molecule has 0 amide bonds. The van der Waals surface area contributed by atoms with Crippen LogP contribution in [0.25, 0.3) is 64.7 Å². The molecule has 0 unspecified atom stereocenters. The van der Waals surface area contributed by atoms with E-state index in [0.717, 1.165) is 39.0 Å². The van der Waals surface area contributed by atoms with Crippen LogP contribution in [0, 0.1) is 32.9 Å². The molecule has 9 aromatic rings. The van der Waals surface area contributed by atoms with Gasteiger partial charge in [0.25, 0.3) is 0 Å². The Labute approximate surface area is 321 Å². The van der Waals surface area contributed by atoms with Gasteiger partial charge in [0.1, 0.15) is 5.82 Å². The molecule has 0 N–H and O–H groups in total. The van der Waals surface area contributed by atoms with Crippen molar-refractivity contribution < 1.29 is 25.8 Å². The minimum atomic E-state index is -0.0324. The van der Waals surface area contributed by atoms with Crippen molar-refractivity contribution in [3.63, 3.8) is 0 Å². The van der Waals surface area contributed by atoms with Crippen LogP contribution in [0.5, 0.6) is 11.5 Å².